The highest BCUT2D eigenvalue weighted by Gasteiger charge is 2.23. The van der Waals surface area contributed by atoms with E-state index in [1.54, 1.807) is 6.92 Å². The maximum atomic E-state index is 11.8. The lowest BCUT2D eigenvalue weighted by Crippen LogP contribution is -2.35. The minimum atomic E-state index is -1.05. The van der Waals surface area contributed by atoms with Gasteiger partial charge in [-0.05, 0) is 5.56 Å². The molecule has 0 heterocycles. The van der Waals surface area contributed by atoms with Crippen LogP contribution in [0.15, 0.2) is 30.3 Å². The van der Waals surface area contributed by atoms with E-state index in [1.165, 1.54) is 0 Å². The SMILES string of the molecule is CC(C(=O)C(N)CC(=O)O)c1ccccc1. The molecule has 1 aromatic carbocycles. The summed E-state index contributed by atoms with van der Waals surface area (Å²) in [7, 11) is 0. The molecule has 0 aromatic heterocycles. The van der Waals surface area contributed by atoms with Gasteiger partial charge in [0.2, 0.25) is 0 Å². The van der Waals surface area contributed by atoms with Crippen LogP contribution in [0.1, 0.15) is 24.8 Å². The number of rotatable bonds is 5. The molecule has 4 nitrogen and oxygen atoms in total. The van der Waals surface area contributed by atoms with Crippen LogP contribution in [0.4, 0.5) is 0 Å². The van der Waals surface area contributed by atoms with E-state index in [-0.39, 0.29) is 18.1 Å². The van der Waals surface area contributed by atoms with E-state index in [9.17, 15) is 9.59 Å². The smallest absolute Gasteiger partial charge is 0.305 e. The Bertz CT molecular complexity index is 375. The van der Waals surface area contributed by atoms with Gasteiger partial charge in [-0.1, -0.05) is 37.3 Å². The summed E-state index contributed by atoms with van der Waals surface area (Å²) in [5.74, 6) is -1.66. The zero-order valence-corrected chi connectivity index (χ0v) is 9.09. The molecular formula is C12H15NO3. The lowest BCUT2D eigenvalue weighted by atomic mass is 9.92. The topological polar surface area (TPSA) is 80.4 Å². The minimum absolute atomic E-state index is 0.242. The first-order valence-electron chi connectivity index (χ1n) is 5.08. The number of aliphatic carboxylic acids is 1. The normalized spacial score (nSPS) is 14.1. The summed E-state index contributed by atoms with van der Waals surface area (Å²) in [5.41, 5.74) is 6.38. The van der Waals surface area contributed by atoms with E-state index in [0.29, 0.717) is 0 Å². The third-order valence-electron chi connectivity index (χ3n) is 2.49. The van der Waals surface area contributed by atoms with Gasteiger partial charge in [0.25, 0.3) is 0 Å². The second-order valence-electron chi connectivity index (χ2n) is 3.74. The maximum absolute atomic E-state index is 11.8. The van der Waals surface area contributed by atoms with Crippen molar-refractivity contribution in [3.63, 3.8) is 0 Å². The van der Waals surface area contributed by atoms with Crippen LogP contribution in [0.5, 0.6) is 0 Å². The summed E-state index contributed by atoms with van der Waals surface area (Å²) < 4.78 is 0. The Morgan fingerprint density at radius 1 is 1.31 bits per heavy atom. The molecule has 0 amide bonds. The van der Waals surface area contributed by atoms with Gasteiger partial charge in [0.15, 0.2) is 5.78 Å². The van der Waals surface area contributed by atoms with Crippen molar-refractivity contribution < 1.29 is 14.7 Å². The number of nitrogens with two attached hydrogens (primary N) is 1. The van der Waals surface area contributed by atoms with Crippen LogP contribution in [0.2, 0.25) is 0 Å². The van der Waals surface area contributed by atoms with Crippen LogP contribution in [-0.4, -0.2) is 22.9 Å². The van der Waals surface area contributed by atoms with Crippen molar-refractivity contribution in [1.29, 1.82) is 0 Å². The molecule has 1 aromatic rings. The lowest BCUT2D eigenvalue weighted by molar-refractivity contribution is -0.139. The van der Waals surface area contributed by atoms with Crippen LogP contribution in [-0.2, 0) is 9.59 Å². The molecule has 0 radical (unpaired) electrons. The molecule has 2 unspecified atom stereocenters. The summed E-state index contributed by atoms with van der Waals surface area (Å²) in [6, 6.07) is 8.25. The second-order valence-corrected chi connectivity index (χ2v) is 3.74. The van der Waals surface area contributed by atoms with Crippen LogP contribution >= 0.6 is 0 Å². The molecule has 2 atom stereocenters. The highest BCUT2D eigenvalue weighted by atomic mass is 16.4. The Labute approximate surface area is 94.1 Å². The first-order chi connectivity index (χ1) is 7.52. The zero-order valence-electron chi connectivity index (χ0n) is 9.09. The van der Waals surface area contributed by atoms with Crippen molar-refractivity contribution in [1.82, 2.24) is 0 Å². The van der Waals surface area contributed by atoms with E-state index >= 15 is 0 Å². The molecule has 86 valence electrons. The lowest BCUT2D eigenvalue weighted by Gasteiger charge is -2.14. The number of benzene rings is 1. The molecule has 0 saturated carbocycles. The molecule has 3 N–H and O–H groups in total. The minimum Gasteiger partial charge on any atom is -0.481 e. The standard InChI is InChI=1S/C12H15NO3/c1-8(9-5-3-2-4-6-9)12(16)10(13)7-11(14)15/h2-6,8,10H,7,13H2,1H3,(H,14,15). The third-order valence-corrected chi connectivity index (χ3v) is 2.49. The average molecular weight is 221 g/mol. The number of ketones is 1. The number of carbonyl (C=O) groups is 2. The van der Waals surface area contributed by atoms with E-state index in [0.717, 1.165) is 5.56 Å². The quantitative estimate of drug-likeness (QED) is 0.781. The highest BCUT2D eigenvalue weighted by Crippen LogP contribution is 2.17. The number of carbonyl (C=O) groups excluding carboxylic acids is 1. The number of carboxylic acids is 1. The van der Waals surface area contributed by atoms with Gasteiger partial charge in [-0.15, -0.1) is 0 Å². The van der Waals surface area contributed by atoms with Crippen LogP contribution in [0.3, 0.4) is 0 Å². The van der Waals surface area contributed by atoms with Gasteiger partial charge in [0.1, 0.15) is 0 Å². The fraction of sp³-hybridized carbons (Fsp3) is 0.333. The maximum Gasteiger partial charge on any atom is 0.305 e. The van der Waals surface area contributed by atoms with E-state index in [4.69, 9.17) is 10.8 Å². The summed E-state index contributed by atoms with van der Waals surface area (Å²) in [5, 5.41) is 8.55. The second kappa shape index (κ2) is 5.42. The molecule has 0 saturated heterocycles. The average Bonchev–Trinajstić information content (AvgIpc) is 2.27. The Morgan fingerprint density at radius 3 is 2.38 bits per heavy atom. The van der Waals surface area contributed by atoms with Gasteiger partial charge in [0.05, 0.1) is 12.5 Å². The molecule has 0 aliphatic heterocycles. The molecule has 0 aliphatic carbocycles. The predicted molar refractivity (Wildman–Crippen MR) is 60.1 cm³/mol. The van der Waals surface area contributed by atoms with Gasteiger partial charge < -0.3 is 10.8 Å². The Hall–Kier alpha value is -1.68. The molecule has 0 fully saturated rings. The monoisotopic (exact) mass is 221 g/mol. The van der Waals surface area contributed by atoms with E-state index in [1.807, 2.05) is 30.3 Å². The fourth-order valence-corrected chi connectivity index (χ4v) is 1.52. The molecule has 0 bridgehead atoms. The van der Waals surface area contributed by atoms with Gasteiger partial charge in [0, 0.05) is 5.92 Å². The predicted octanol–water partition coefficient (Wildman–Crippen LogP) is 1.16. The van der Waals surface area contributed by atoms with Crippen molar-refractivity contribution >= 4 is 11.8 Å². The first-order valence-corrected chi connectivity index (χ1v) is 5.08. The molecule has 4 heteroatoms. The van der Waals surface area contributed by atoms with Crippen LogP contribution in [0.25, 0.3) is 0 Å². The molecule has 16 heavy (non-hydrogen) atoms. The number of carboxylic acid groups (broad SMARTS) is 1. The van der Waals surface area contributed by atoms with Crippen molar-refractivity contribution in [3.05, 3.63) is 35.9 Å². The summed E-state index contributed by atoms with van der Waals surface area (Å²) in [6.07, 6.45) is -0.323. The number of Topliss-reactive ketones (excluding diaryl/α,β-unsaturated/α-hetero) is 1. The van der Waals surface area contributed by atoms with E-state index < -0.39 is 12.0 Å². The van der Waals surface area contributed by atoms with Crippen molar-refractivity contribution in [2.75, 3.05) is 0 Å². The number of hydrogen-bond acceptors (Lipinski definition) is 3. The van der Waals surface area contributed by atoms with Crippen molar-refractivity contribution in [2.45, 2.75) is 25.3 Å². The van der Waals surface area contributed by atoms with Gasteiger partial charge >= 0.3 is 5.97 Å². The van der Waals surface area contributed by atoms with Crippen molar-refractivity contribution in [2.24, 2.45) is 5.73 Å². The van der Waals surface area contributed by atoms with Crippen LogP contribution in [0, 0.1) is 0 Å². The van der Waals surface area contributed by atoms with Crippen LogP contribution < -0.4 is 5.73 Å². The first kappa shape index (κ1) is 12.4. The molecular weight excluding hydrogens is 206 g/mol. The zero-order chi connectivity index (χ0) is 12.1. The Kier molecular flexibility index (Phi) is 4.19. The fourth-order valence-electron chi connectivity index (χ4n) is 1.52. The van der Waals surface area contributed by atoms with E-state index in [2.05, 4.69) is 0 Å². The summed E-state index contributed by atoms with van der Waals surface area (Å²) in [4.78, 5) is 22.2. The third kappa shape index (κ3) is 3.17. The van der Waals surface area contributed by atoms with Gasteiger partial charge in [-0.3, -0.25) is 9.59 Å². The molecule has 0 aliphatic rings. The van der Waals surface area contributed by atoms with Crippen molar-refractivity contribution in [3.8, 4) is 0 Å². The molecule has 1 rings (SSSR count). The summed E-state index contributed by atoms with van der Waals surface area (Å²) in [6.45, 7) is 1.74. The summed E-state index contributed by atoms with van der Waals surface area (Å²) >= 11 is 0. The van der Waals surface area contributed by atoms with Gasteiger partial charge in [-0.2, -0.15) is 0 Å². The van der Waals surface area contributed by atoms with Gasteiger partial charge in [-0.25, -0.2) is 0 Å². The highest BCUT2D eigenvalue weighted by molar-refractivity contribution is 5.92. The number of hydrogen-bond donors (Lipinski definition) is 2. The molecule has 0 spiro atoms. The largest absolute Gasteiger partial charge is 0.481 e. The Morgan fingerprint density at radius 2 is 1.88 bits per heavy atom. The Balaban J connectivity index is 2.71.